The summed E-state index contributed by atoms with van der Waals surface area (Å²) in [5.41, 5.74) is 2.22. The van der Waals surface area contributed by atoms with Gasteiger partial charge in [0.2, 0.25) is 11.8 Å². The average Bonchev–Trinajstić information content (AvgIpc) is 2.44. The predicted molar refractivity (Wildman–Crippen MR) is 85.0 cm³/mol. The average molecular weight is 288 g/mol. The van der Waals surface area contributed by atoms with E-state index in [2.05, 4.69) is 50.0 Å². The largest absolute Gasteiger partial charge is 0.354 e. The molecular weight excluding hydrogens is 264 g/mol. The lowest BCUT2D eigenvalue weighted by Crippen LogP contribution is -2.42. The Morgan fingerprint density at radius 1 is 1.29 bits per heavy atom. The van der Waals surface area contributed by atoms with Crippen LogP contribution in [0.2, 0.25) is 0 Å². The van der Waals surface area contributed by atoms with Crippen molar-refractivity contribution in [3.05, 3.63) is 48.0 Å². The molecule has 0 atom stereocenters. The summed E-state index contributed by atoms with van der Waals surface area (Å²) < 4.78 is 0. The molecule has 0 saturated carbocycles. The van der Waals surface area contributed by atoms with Gasteiger partial charge in [0.15, 0.2) is 0 Å². The minimum atomic E-state index is -0.261. The Balaban J connectivity index is 2.57. The maximum Gasteiger partial charge on any atom is 0.246 e. The van der Waals surface area contributed by atoms with Crippen LogP contribution in [0.15, 0.2) is 36.9 Å². The molecule has 0 aliphatic rings. The van der Waals surface area contributed by atoms with Crippen molar-refractivity contribution in [2.24, 2.45) is 0 Å². The summed E-state index contributed by atoms with van der Waals surface area (Å²) in [6, 6.07) is 8.29. The van der Waals surface area contributed by atoms with Crippen molar-refractivity contribution in [1.82, 2.24) is 10.2 Å². The zero-order valence-electron chi connectivity index (χ0n) is 13.3. The minimum absolute atomic E-state index is 0.0365. The first kappa shape index (κ1) is 17.0. The van der Waals surface area contributed by atoms with Crippen molar-refractivity contribution in [3.8, 4) is 0 Å². The third-order valence-corrected chi connectivity index (χ3v) is 3.49. The maximum absolute atomic E-state index is 11.9. The van der Waals surface area contributed by atoms with Crippen LogP contribution < -0.4 is 5.32 Å². The summed E-state index contributed by atoms with van der Waals surface area (Å²) in [6.07, 6.45) is 1.20. The molecule has 1 N–H and O–H groups in total. The molecule has 114 valence electrons. The molecule has 0 aromatic heterocycles. The summed E-state index contributed by atoms with van der Waals surface area (Å²) >= 11 is 0. The molecule has 0 bridgehead atoms. The lowest BCUT2D eigenvalue weighted by Gasteiger charge is -2.26. The van der Waals surface area contributed by atoms with Crippen LogP contribution in [-0.2, 0) is 15.0 Å². The number of hydrogen-bond donors (Lipinski definition) is 1. The molecule has 0 unspecified atom stereocenters. The van der Waals surface area contributed by atoms with Gasteiger partial charge in [0.25, 0.3) is 0 Å². The van der Waals surface area contributed by atoms with Crippen LogP contribution in [0, 0.1) is 6.92 Å². The number of likely N-dealkylation sites (N-methyl/N-ethyl adjacent to an activating group) is 1. The molecule has 0 aliphatic carbocycles. The second-order valence-electron chi connectivity index (χ2n) is 5.93. The summed E-state index contributed by atoms with van der Waals surface area (Å²) in [7, 11) is 1.58. The molecule has 0 saturated heterocycles. The van der Waals surface area contributed by atoms with E-state index in [0.29, 0.717) is 6.54 Å². The third kappa shape index (κ3) is 5.06. The molecular formula is C17H24N2O2. The first-order chi connectivity index (χ1) is 9.76. The Morgan fingerprint density at radius 3 is 2.38 bits per heavy atom. The number of carbonyl (C=O) groups is 2. The molecule has 0 radical (unpaired) electrons. The van der Waals surface area contributed by atoms with E-state index in [1.807, 2.05) is 6.92 Å². The van der Waals surface area contributed by atoms with Gasteiger partial charge in [-0.2, -0.15) is 0 Å². The van der Waals surface area contributed by atoms with Crippen LogP contribution >= 0.6 is 0 Å². The highest BCUT2D eigenvalue weighted by Crippen LogP contribution is 2.22. The van der Waals surface area contributed by atoms with E-state index in [1.165, 1.54) is 22.1 Å². The predicted octanol–water partition coefficient (Wildman–Crippen LogP) is 2.03. The zero-order chi connectivity index (χ0) is 16.0. The lowest BCUT2D eigenvalue weighted by atomic mass is 9.84. The Hall–Kier alpha value is -2.10. The van der Waals surface area contributed by atoms with E-state index < -0.39 is 0 Å². The van der Waals surface area contributed by atoms with Gasteiger partial charge in [0, 0.05) is 19.0 Å². The van der Waals surface area contributed by atoms with Crippen molar-refractivity contribution in [2.75, 3.05) is 20.1 Å². The van der Waals surface area contributed by atoms with Gasteiger partial charge in [-0.1, -0.05) is 50.3 Å². The fourth-order valence-corrected chi connectivity index (χ4v) is 1.93. The topological polar surface area (TPSA) is 49.4 Å². The van der Waals surface area contributed by atoms with E-state index in [1.54, 1.807) is 7.05 Å². The van der Waals surface area contributed by atoms with E-state index in [0.717, 1.165) is 0 Å². The van der Waals surface area contributed by atoms with Crippen LogP contribution in [0.3, 0.4) is 0 Å². The number of hydrogen-bond acceptors (Lipinski definition) is 2. The van der Waals surface area contributed by atoms with Crippen molar-refractivity contribution >= 4 is 11.8 Å². The summed E-state index contributed by atoms with van der Waals surface area (Å²) in [5.74, 6) is -0.434. The van der Waals surface area contributed by atoms with Gasteiger partial charge in [-0.25, -0.2) is 0 Å². The van der Waals surface area contributed by atoms with Crippen LogP contribution in [-0.4, -0.2) is 36.9 Å². The number of aryl methyl sites for hydroxylation is 1. The Kier molecular flexibility index (Phi) is 5.70. The fraction of sp³-hybridized carbons (Fsp3) is 0.412. The quantitative estimate of drug-likeness (QED) is 0.814. The normalized spacial score (nSPS) is 10.9. The number of rotatable bonds is 6. The lowest BCUT2D eigenvalue weighted by molar-refractivity contribution is -0.131. The number of nitrogens with one attached hydrogen (secondary N) is 1. The Labute approximate surface area is 126 Å². The van der Waals surface area contributed by atoms with Crippen molar-refractivity contribution in [1.29, 1.82) is 0 Å². The zero-order valence-corrected chi connectivity index (χ0v) is 13.3. The van der Waals surface area contributed by atoms with Gasteiger partial charge < -0.3 is 10.2 Å². The molecule has 1 rings (SSSR count). The minimum Gasteiger partial charge on any atom is -0.354 e. The second kappa shape index (κ2) is 7.07. The molecule has 1 aromatic carbocycles. The maximum atomic E-state index is 11.9. The summed E-state index contributed by atoms with van der Waals surface area (Å²) in [5, 5.41) is 2.88. The van der Waals surface area contributed by atoms with Gasteiger partial charge in [-0.15, -0.1) is 0 Å². The second-order valence-corrected chi connectivity index (χ2v) is 5.93. The first-order valence-corrected chi connectivity index (χ1v) is 6.97. The van der Waals surface area contributed by atoms with Gasteiger partial charge in [-0.05, 0) is 18.6 Å². The van der Waals surface area contributed by atoms with E-state index in [9.17, 15) is 9.59 Å². The fourth-order valence-electron chi connectivity index (χ4n) is 1.93. The van der Waals surface area contributed by atoms with E-state index in [4.69, 9.17) is 0 Å². The van der Waals surface area contributed by atoms with Gasteiger partial charge in [-0.3, -0.25) is 9.59 Å². The highest BCUT2D eigenvalue weighted by Gasteiger charge is 2.21. The summed E-state index contributed by atoms with van der Waals surface area (Å²) in [4.78, 5) is 24.5. The molecule has 4 heteroatoms. The van der Waals surface area contributed by atoms with Crippen molar-refractivity contribution in [3.63, 3.8) is 0 Å². The van der Waals surface area contributed by atoms with Crippen LogP contribution in [0.1, 0.15) is 25.0 Å². The van der Waals surface area contributed by atoms with Crippen molar-refractivity contribution < 1.29 is 9.59 Å². The molecule has 0 heterocycles. The number of nitrogens with zero attached hydrogens (tertiary/aromatic N) is 1. The van der Waals surface area contributed by atoms with Gasteiger partial charge >= 0.3 is 0 Å². The summed E-state index contributed by atoms with van der Waals surface area (Å²) in [6.45, 7) is 10.2. The third-order valence-electron chi connectivity index (χ3n) is 3.49. The molecule has 0 spiro atoms. The highest BCUT2D eigenvalue weighted by atomic mass is 16.2. The molecule has 2 amide bonds. The molecule has 4 nitrogen and oxygen atoms in total. The monoisotopic (exact) mass is 288 g/mol. The number of carbonyl (C=O) groups excluding carboxylic acids is 2. The van der Waals surface area contributed by atoms with Crippen LogP contribution in [0.25, 0.3) is 0 Å². The molecule has 21 heavy (non-hydrogen) atoms. The Morgan fingerprint density at radius 2 is 1.86 bits per heavy atom. The number of benzene rings is 1. The van der Waals surface area contributed by atoms with Gasteiger partial charge in [0.05, 0.1) is 6.54 Å². The molecule has 1 aromatic rings. The van der Waals surface area contributed by atoms with Gasteiger partial charge in [0.1, 0.15) is 0 Å². The van der Waals surface area contributed by atoms with Crippen LogP contribution in [0.4, 0.5) is 0 Å². The van der Waals surface area contributed by atoms with Crippen LogP contribution in [0.5, 0.6) is 0 Å². The standard InChI is InChI=1S/C17H24N2O2/c1-6-16(21)19(5)11-15(20)18-12-17(3,4)14-9-7-13(2)8-10-14/h6-10H,1,11-12H2,2-5H3,(H,18,20). The molecule has 0 aliphatic heterocycles. The van der Waals surface area contributed by atoms with E-state index >= 15 is 0 Å². The SMILES string of the molecule is C=CC(=O)N(C)CC(=O)NCC(C)(C)c1ccc(C)cc1. The van der Waals surface area contributed by atoms with Crippen molar-refractivity contribution in [2.45, 2.75) is 26.2 Å². The Bertz CT molecular complexity index is 518. The first-order valence-electron chi connectivity index (χ1n) is 6.97. The highest BCUT2D eigenvalue weighted by molar-refractivity contribution is 5.90. The number of amides is 2. The molecule has 0 fully saturated rings. The van der Waals surface area contributed by atoms with E-state index in [-0.39, 0.29) is 23.8 Å². The smallest absolute Gasteiger partial charge is 0.246 e.